The normalized spacial score (nSPS) is 24.7. The van der Waals surface area contributed by atoms with Crippen LogP contribution in [0.3, 0.4) is 0 Å². The summed E-state index contributed by atoms with van der Waals surface area (Å²) in [5.74, 6) is -0.428. The third-order valence-electron chi connectivity index (χ3n) is 5.92. The number of hydrogen-bond donors (Lipinski definition) is 2. The lowest BCUT2D eigenvalue weighted by Gasteiger charge is -2.43. The Balaban J connectivity index is 1.46. The Morgan fingerprint density at radius 2 is 1.72 bits per heavy atom. The molecule has 3 aromatic rings. The highest BCUT2D eigenvalue weighted by atomic mass is 32.1. The number of hydrogen-bond acceptors (Lipinski definition) is 8. The minimum atomic E-state index is -0.892. The molecule has 4 unspecified atom stereocenters. The van der Waals surface area contributed by atoms with E-state index in [1.165, 1.54) is 11.3 Å². The fourth-order valence-electron chi connectivity index (χ4n) is 4.15. The number of fused-ring (bicyclic) bond motifs is 1. The SMILES string of the molecule is O=C(O)CCCn1c(O)c(C=C2OC(c3ccccc3)OC3COC(c4ccccc4)OC23)sc1=S. The van der Waals surface area contributed by atoms with Gasteiger partial charge in [-0.3, -0.25) is 9.36 Å². The van der Waals surface area contributed by atoms with Crippen molar-refractivity contribution in [1.29, 1.82) is 0 Å². The fraction of sp³-hybridized carbons (Fsp3) is 0.308. The maximum atomic E-state index is 10.9. The molecule has 4 atom stereocenters. The average Bonchev–Trinajstić information content (AvgIpc) is 3.16. The fourth-order valence-corrected chi connectivity index (χ4v) is 5.45. The Morgan fingerprint density at radius 3 is 2.39 bits per heavy atom. The first-order valence-corrected chi connectivity index (χ1v) is 12.8. The van der Waals surface area contributed by atoms with Crippen molar-refractivity contribution >= 4 is 35.6 Å². The predicted molar refractivity (Wildman–Crippen MR) is 135 cm³/mol. The second-order valence-corrected chi connectivity index (χ2v) is 10.1. The van der Waals surface area contributed by atoms with Crippen molar-refractivity contribution in [2.24, 2.45) is 0 Å². The van der Waals surface area contributed by atoms with Crippen molar-refractivity contribution in [3.63, 3.8) is 0 Å². The van der Waals surface area contributed by atoms with E-state index >= 15 is 0 Å². The number of nitrogens with zero attached hydrogens (tertiary/aromatic N) is 1. The van der Waals surface area contributed by atoms with Gasteiger partial charge in [-0.05, 0) is 18.6 Å². The van der Waals surface area contributed by atoms with E-state index in [0.29, 0.717) is 34.2 Å². The van der Waals surface area contributed by atoms with Crippen molar-refractivity contribution in [3.8, 4) is 5.88 Å². The zero-order valence-corrected chi connectivity index (χ0v) is 20.8. The quantitative estimate of drug-likeness (QED) is 0.393. The van der Waals surface area contributed by atoms with Crippen molar-refractivity contribution in [1.82, 2.24) is 4.57 Å². The lowest BCUT2D eigenvalue weighted by molar-refractivity contribution is -0.320. The van der Waals surface area contributed by atoms with E-state index in [4.69, 9.17) is 36.3 Å². The molecule has 0 saturated carbocycles. The molecule has 8 nitrogen and oxygen atoms in total. The molecule has 2 N–H and O–H groups in total. The number of aromatic hydroxyl groups is 1. The minimum Gasteiger partial charge on any atom is -0.493 e. The van der Waals surface area contributed by atoms with Crippen molar-refractivity contribution < 1.29 is 34.0 Å². The molecule has 0 bridgehead atoms. The van der Waals surface area contributed by atoms with Gasteiger partial charge in [0.2, 0.25) is 12.2 Å². The summed E-state index contributed by atoms with van der Waals surface area (Å²) in [5.41, 5.74) is 1.72. The molecule has 0 amide bonds. The number of carboxylic acid groups (broad SMARTS) is 1. The minimum absolute atomic E-state index is 0.00877. The highest BCUT2D eigenvalue weighted by Gasteiger charge is 2.43. The maximum Gasteiger partial charge on any atom is 0.303 e. The van der Waals surface area contributed by atoms with Crippen LogP contribution < -0.4 is 0 Å². The van der Waals surface area contributed by atoms with Crippen LogP contribution in [0.25, 0.3) is 6.08 Å². The van der Waals surface area contributed by atoms with Crippen molar-refractivity contribution in [2.45, 2.75) is 44.2 Å². The smallest absolute Gasteiger partial charge is 0.303 e. The summed E-state index contributed by atoms with van der Waals surface area (Å²) in [6, 6.07) is 19.2. The molecule has 188 valence electrons. The first-order valence-electron chi connectivity index (χ1n) is 11.5. The van der Waals surface area contributed by atoms with E-state index in [2.05, 4.69) is 0 Å². The van der Waals surface area contributed by atoms with Crippen LogP contribution in [-0.2, 0) is 30.3 Å². The number of thiazole rings is 1. The second kappa shape index (κ2) is 10.9. The van der Waals surface area contributed by atoms with Gasteiger partial charge >= 0.3 is 5.97 Å². The van der Waals surface area contributed by atoms with Crippen molar-refractivity contribution in [3.05, 3.63) is 86.4 Å². The van der Waals surface area contributed by atoms with E-state index in [-0.39, 0.29) is 12.3 Å². The van der Waals surface area contributed by atoms with Crippen LogP contribution in [0.5, 0.6) is 5.88 Å². The molecule has 2 fully saturated rings. The summed E-state index contributed by atoms with van der Waals surface area (Å²) in [6.45, 7) is 0.603. The van der Waals surface area contributed by atoms with Crippen LogP contribution in [0, 0.1) is 3.95 Å². The standard InChI is InChI=1S/C26H25NO7S2/c28-21(29)12-7-13-27-23(30)20(36-26(27)35)14-18-22-19(33-25(32-18)17-10-5-2-6-11-17)15-31-24(34-22)16-8-3-1-4-9-16/h1-6,8-11,14,19,22,24-25,30H,7,12-13,15H2,(H,28,29). The van der Waals surface area contributed by atoms with Crippen LogP contribution in [0.1, 0.15) is 41.4 Å². The third kappa shape index (κ3) is 5.37. The molecule has 5 rings (SSSR count). The van der Waals surface area contributed by atoms with Gasteiger partial charge in [-0.1, -0.05) is 60.7 Å². The highest BCUT2D eigenvalue weighted by Crippen LogP contribution is 2.41. The number of rotatable bonds is 7. The highest BCUT2D eigenvalue weighted by molar-refractivity contribution is 7.73. The van der Waals surface area contributed by atoms with Gasteiger partial charge in [0.25, 0.3) is 0 Å². The molecule has 2 aliphatic heterocycles. The summed E-state index contributed by atoms with van der Waals surface area (Å²) in [7, 11) is 0. The van der Waals surface area contributed by atoms with E-state index in [9.17, 15) is 9.90 Å². The molecular weight excluding hydrogens is 502 g/mol. The Bertz CT molecular complexity index is 1290. The van der Waals surface area contributed by atoms with Crippen LogP contribution in [0.4, 0.5) is 0 Å². The van der Waals surface area contributed by atoms with Crippen molar-refractivity contribution in [2.75, 3.05) is 6.61 Å². The zero-order chi connectivity index (χ0) is 25.1. The number of aliphatic carboxylic acids is 1. The first kappa shape index (κ1) is 24.7. The molecule has 0 radical (unpaired) electrons. The van der Waals surface area contributed by atoms with Crippen LogP contribution >= 0.6 is 23.6 Å². The molecule has 3 heterocycles. The van der Waals surface area contributed by atoms with Gasteiger partial charge in [0.05, 0.1) is 11.5 Å². The van der Waals surface area contributed by atoms with E-state index in [0.717, 1.165) is 11.1 Å². The summed E-state index contributed by atoms with van der Waals surface area (Å²) >= 11 is 6.66. The Labute approximate surface area is 216 Å². The summed E-state index contributed by atoms with van der Waals surface area (Å²) in [4.78, 5) is 11.4. The first-order chi connectivity index (χ1) is 17.5. The lowest BCUT2D eigenvalue weighted by atomic mass is 10.1. The molecule has 36 heavy (non-hydrogen) atoms. The Hall–Kier alpha value is -3.02. The average molecular weight is 528 g/mol. The van der Waals surface area contributed by atoms with Crippen LogP contribution in [0.15, 0.2) is 66.4 Å². The second-order valence-electron chi connectivity index (χ2n) is 8.42. The molecular formula is C26H25NO7S2. The maximum absolute atomic E-state index is 10.9. The number of benzene rings is 2. The summed E-state index contributed by atoms with van der Waals surface area (Å²) in [5, 5.41) is 19.8. The largest absolute Gasteiger partial charge is 0.493 e. The number of carbonyl (C=O) groups is 1. The zero-order valence-electron chi connectivity index (χ0n) is 19.2. The number of ether oxygens (including phenoxy) is 4. The molecule has 0 spiro atoms. The molecule has 2 aliphatic rings. The van der Waals surface area contributed by atoms with E-state index in [1.807, 2.05) is 60.7 Å². The van der Waals surface area contributed by atoms with Crippen LogP contribution in [-0.4, -0.2) is 39.6 Å². The molecule has 2 aromatic carbocycles. The van der Waals surface area contributed by atoms with Gasteiger partial charge in [-0.25, -0.2) is 0 Å². The number of carboxylic acids is 1. The van der Waals surface area contributed by atoms with Gasteiger partial charge < -0.3 is 29.2 Å². The summed E-state index contributed by atoms with van der Waals surface area (Å²) < 4.78 is 26.8. The third-order valence-corrected chi connectivity index (χ3v) is 7.31. The van der Waals surface area contributed by atoms with Crippen LogP contribution in [0.2, 0.25) is 0 Å². The van der Waals surface area contributed by atoms with Gasteiger partial charge in [-0.2, -0.15) is 0 Å². The summed E-state index contributed by atoms with van der Waals surface area (Å²) in [6.07, 6.45) is -0.190. The molecule has 10 heteroatoms. The monoisotopic (exact) mass is 527 g/mol. The Morgan fingerprint density at radius 1 is 1.06 bits per heavy atom. The van der Waals surface area contributed by atoms with Gasteiger partial charge in [-0.15, -0.1) is 11.3 Å². The Kier molecular flexibility index (Phi) is 7.49. The molecule has 0 aliphatic carbocycles. The van der Waals surface area contributed by atoms with Gasteiger partial charge in [0.15, 0.2) is 10.2 Å². The lowest BCUT2D eigenvalue weighted by Crippen LogP contribution is -2.48. The topological polar surface area (TPSA) is 99.4 Å². The molecule has 1 aromatic heterocycles. The van der Waals surface area contributed by atoms with E-state index < -0.39 is 30.8 Å². The molecule has 2 saturated heterocycles. The van der Waals surface area contributed by atoms with Gasteiger partial charge in [0, 0.05) is 30.2 Å². The van der Waals surface area contributed by atoms with E-state index in [1.54, 1.807) is 10.6 Å². The predicted octanol–water partition coefficient (Wildman–Crippen LogP) is 5.42. The number of aromatic nitrogens is 1. The van der Waals surface area contributed by atoms with Gasteiger partial charge in [0.1, 0.15) is 18.0 Å².